The molecule has 2 N–H and O–H groups in total. The van der Waals surface area contributed by atoms with Crippen LogP contribution in [-0.2, 0) is 0 Å². The Hall–Kier alpha value is -0.200. The van der Waals surface area contributed by atoms with Crippen LogP contribution in [0.1, 0.15) is 6.92 Å². The van der Waals surface area contributed by atoms with Crippen molar-refractivity contribution in [1.29, 1.82) is 0 Å². The average Bonchev–Trinajstić information content (AvgIpc) is 2.32. The Morgan fingerprint density at radius 3 is 1.78 bits per heavy atom. The monoisotopic (exact) mass is 255 g/mol. The Labute approximate surface area is 111 Å². The molecule has 2 heterocycles. The Morgan fingerprint density at radius 2 is 1.28 bits per heavy atom. The van der Waals surface area contributed by atoms with E-state index >= 15 is 0 Å². The minimum absolute atomic E-state index is 0.183. The van der Waals surface area contributed by atoms with Crippen LogP contribution in [-0.4, -0.2) is 98.3 Å². The van der Waals surface area contributed by atoms with Crippen molar-refractivity contribution < 1.29 is 0 Å². The lowest BCUT2D eigenvalue weighted by molar-refractivity contribution is 0.0174. The third kappa shape index (κ3) is 3.65. The summed E-state index contributed by atoms with van der Waals surface area (Å²) < 4.78 is 0. The predicted molar refractivity (Wildman–Crippen MR) is 75.6 cm³/mol. The molecule has 0 aromatic heterocycles. The molecule has 2 aliphatic heterocycles. The first kappa shape index (κ1) is 14.2. The number of nitrogens with two attached hydrogens (primary N) is 1. The minimum Gasteiger partial charge on any atom is -0.312 e. The van der Waals surface area contributed by atoms with Crippen LogP contribution >= 0.6 is 0 Å². The molecule has 0 aliphatic carbocycles. The molecule has 0 radical (unpaired) electrons. The molecule has 0 spiro atoms. The van der Waals surface area contributed by atoms with Crippen LogP contribution in [0.5, 0.6) is 0 Å². The van der Waals surface area contributed by atoms with E-state index < -0.39 is 0 Å². The summed E-state index contributed by atoms with van der Waals surface area (Å²) in [6.45, 7) is 12.3. The summed E-state index contributed by atoms with van der Waals surface area (Å²) in [7, 11) is 4.38. The highest BCUT2D eigenvalue weighted by Crippen LogP contribution is 2.14. The number of hydrogen-bond donors (Lipinski definition) is 1. The summed E-state index contributed by atoms with van der Waals surface area (Å²) in [5.41, 5.74) is 6.37. The maximum atomic E-state index is 6.55. The summed E-state index contributed by atoms with van der Waals surface area (Å²) >= 11 is 0. The van der Waals surface area contributed by atoms with E-state index in [-0.39, 0.29) is 5.66 Å². The SMILES string of the molecule is CN1CCN(CC(C)(N)N2CCN(C)CC2)CC1. The number of likely N-dealkylation sites (N-methyl/N-ethyl adjacent to an activating group) is 2. The Kier molecular flexibility index (Phi) is 4.61. The van der Waals surface area contributed by atoms with Gasteiger partial charge in [0.05, 0.1) is 5.66 Å². The minimum atomic E-state index is -0.183. The molecule has 0 bridgehead atoms. The standard InChI is InChI=1S/C13H29N5/c1-13(14,18-10-6-16(3)7-11-18)12-17-8-4-15(2)5-9-17/h4-12,14H2,1-3H3. The third-order valence-electron chi connectivity index (χ3n) is 4.37. The molecule has 5 nitrogen and oxygen atoms in total. The van der Waals surface area contributed by atoms with E-state index in [1.54, 1.807) is 0 Å². The molecule has 2 aliphatic rings. The molecule has 0 aromatic rings. The van der Waals surface area contributed by atoms with Crippen LogP contribution in [0.3, 0.4) is 0 Å². The zero-order chi connectivity index (χ0) is 13.2. The van der Waals surface area contributed by atoms with Gasteiger partial charge in [-0.1, -0.05) is 0 Å². The second-order valence-electron chi connectivity index (χ2n) is 6.23. The van der Waals surface area contributed by atoms with Gasteiger partial charge in [-0.05, 0) is 21.0 Å². The highest BCUT2D eigenvalue weighted by Gasteiger charge is 2.32. The maximum Gasteiger partial charge on any atom is 0.0789 e. The largest absolute Gasteiger partial charge is 0.312 e. The summed E-state index contributed by atoms with van der Waals surface area (Å²) in [5.74, 6) is 0. The van der Waals surface area contributed by atoms with Gasteiger partial charge < -0.3 is 15.5 Å². The number of hydrogen-bond acceptors (Lipinski definition) is 5. The van der Waals surface area contributed by atoms with Gasteiger partial charge in [0.25, 0.3) is 0 Å². The molecular formula is C13H29N5. The molecule has 2 fully saturated rings. The summed E-state index contributed by atoms with van der Waals surface area (Å²) in [5, 5.41) is 0. The van der Waals surface area contributed by atoms with Crippen LogP contribution < -0.4 is 5.73 Å². The quantitative estimate of drug-likeness (QED) is 0.712. The molecule has 0 aromatic carbocycles. The van der Waals surface area contributed by atoms with Crippen molar-refractivity contribution in [3.05, 3.63) is 0 Å². The van der Waals surface area contributed by atoms with Crippen molar-refractivity contribution in [3.8, 4) is 0 Å². The van der Waals surface area contributed by atoms with Crippen LogP contribution in [0.4, 0.5) is 0 Å². The van der Waals surface area contributed by atoms with Gasteiger partial charge in [0.15, 0.2) is 0 Å². The summed E-state index contributed by atoms with van der Waals surface area (Å²) in [4.78, 5) is 9.73. The zero-order valence-corrected chi connectivity index (χ0v) is 12.2. The van der Waals surface area contributed by atoms with Crippen molar-refractivity contribution in [2.75, 3.05) is 73.0 Å². The van der Waals surface area contributed by atoms with Gasteiger partial charge in [0.1, 0.15) is 0 Å². The summed E-state index contributed by atoms with van der Waals surface area (Å²) in [6.07, 6.45) is 0. The van der Waals surface area contributed by atoms with Crippen LogP contribution in [0.15, 0.2) is 0 Å². The molecule has 1 atom stereocenters. The lowest BCUT2D eigenvalue weighted by atomic mass is 10.1. The van der Waals surface area contributed by atoms with Gasteiger partial charge in [-0.2, -0.15) is 0 Å². The first-order valence-electron chi connectivity index (χ1n) is 7.11. The lowest BCUT2D eigenvalue weighted by Crippen LogP contribution is -2.65. The molecule has 106 valence electrons. The van der Waals surface area contributed by atoms with E-state index in [1.807, 2.05) is 0 Å². The van der Waals surface area contributed by atoms with Crippen molar-refractivity contribution in [3.63, 3.8) is 0 Å². The molecule has 0 saturated carbocycles. The van der Waals surface area contributed by atoms with E-state index in [0.717, 1.165) is 45.8 Å². The van der Waals surface area contributed by atoms with Crippen molar-refractivity contribution in [2.45, 2.75) is 12.6 Å². The first-order chi connectivity index (χ1) is 8.47. The number of piperazine rings is 2. The molecule has 0 amide bonds. The van der Waals surface area contributed by atoms with Crippen molar-refractivity contribution in [2.24, 2.45) is 5.73 Å². The van der Waals surface area contributed by atoms with Crippen LogP contribution in [0.25, 0.3) is 0 Å². The first-order valence-corrected chi connectivity index (χ1v) is 7.11. The normalized spacial score (nSPS) is 29.3. The van der Waals surface area contributed by atoms with Gasteiger partial charge >= 0.3 is 0 Å². The zero-order valence-electron chi connectivity index (χ0n) is 12.2. The number of rotatable bonds is 3. The maximum absolute atomic E-state index is 6.55. The molecular weight excluding hydrogens is 226 g/mol. The van der Waals surface area contributed by atoms with E-state index in [9.17, 15) is 0 Å². The Morgan fingerprint density at radius 1 is 0.833 bits per heavy atom. The third-order valence-corrected chi connectivity index (χ3v) is 4.37. The van der Waals surface area contributed by atoms with E-state index in [4.69, 9.17) is 5.73 Å². The topological polar surface area (TPSA) is 39.0 Å². The van der Waals surface area contributed by atoms with Crippen LogP contribution in [0, 0.1) is 0 Å². The fraction of sp³-hybridized carbons (Fsp3) is 1.00. The van der Waals surface area contributed by atoms with E-state index in [1.165, 1.54) is 13.1 Å². The molecule has 2 saturated heterocycles. The Bertz CT molecular complexity index is 252. The van der Waals surface area contributed by atoms with Gasteiger partial charge in [-0.25, -0.2) is 0 Å². The van der Waals surface area contributed by atoms with Gasteiger partial charge in [-0.15, -0.1) is 0 Å². The van der Waals surface area contributed by atoms with Gasteiger partial charge in [0, 0.05) is 58.9 Å². The highest BCUT2D eigenvalue weighted by molar-refractivity contribution is 4.88. The molecule has 1 unspecified atom stereocenters. The van der Waals surface area contributed by atoms with E-state index in [0.29, 0.717) is 0 Å². The fourth-order valence-electron chi connectivity index (χ4n) is 2.88. The van der Waals surface area contributed by atoms with Gasteiger partial charge in [-0.3, -0.25) is 9.80 Å². The van der Waals surface area contributed by atoms with E-state index in [2.05, 4.69) is 40.6 Å². The fourth-order valence-corrected chi connectivity index (χ4v) is 2.88. The molecule has 18 heavy (non-hydrogen) atoms. The lowest BCUT2D eigenvalue weighted by Gasteiger charge is -2.46. The average molecular weight is 255 g/mol. The second-order valence-corrected chi connectivity index (χ2v) is 6.23. The van der Waals surface area contributed by atoms with Crippen molar-refractivity contribution in [1.82, 2.24) is 19.6 Å². The Balaban J connectivity index is 1.82. The smallest absolute Gasteiger partial charge is 0.0789 e. The van der Waals surface area contributed by atoms with Crippen LogP contribution in [0.2, 0.25) is 0 Å². The second kappa shape index (κ2) is 5.84. The molecule has 2 rings (SSSR count). The molecule has 5 heteroatoms. The predicted octanol–water partition coefficient (Wildman–Crippen LogP) is -0.844. The van der Waals surface area contributed by atoms with Gasteiger partial charge in [0.2, 0.25) is 0 Å². The van der Waals surface area contributed by atoms with Crippen molar-refractivity contribution >= 4 is 0 Å². The number of nitrogens with zero attached hydrogens (tertiary/aromatic N) is 4. The summed E-state index contributed by atoms with van der Waals surface area (Å²) in [6, 6.07) is 0. The highest BCUT2D eigenvalue weighted by atomic mass is 15.4.